The molecule has 0 unspecified atom stereocenters. The van der Waals surface area contributed by atoms with Crippen LogP contribution < -0.4 is 5.73 Å². The third kappa shape index (κ3) is 2.77. The van der Waals surface area contributed by atoms with Crippen molar-refractivity contribution in [3.63, 3.8) is 0 Å². The number of rotatable bonds is 5. The van der Waals surface area contributed by atoms with Gasteiger partial charge in [0.25, 0.3) is 0 Å². The molecule has 0 bridgehead atoms. The molecule has 0 radical (unpaired) electrons. The van der Waals surface area contributed by atoms with E-state index in [0.29, 0.717) is 36.3 Å². The fraction of sp³-hybridized carbons (Fsp3) is 0.364. The van der Waals surface area contributed by atoms with Crippen molar-refractivity contribution >= 4 is 17.3 Å². The first-order valence-electron chi connectivity index (χ1n) is 5.61. The Bertz CT molecular complexity index is 528. The van der Waals surface area contributed by atoms with Crippen molar-refractivity contribution in [1.29, 1.82) is 0 Å². The smallest absolute Gasteiger partial charge is 0.184 e. The Hall–Kier alpha value is -1.66. The number of hydrogen-bond donors (Lipinski definition) is 1. The summed E-state index contributed by atoms with van der Waals surface area (Å²) in [7, 11) is 0. The van der Waals surface area contributed by atoms with Crippen molar-refractivity contribution in [3.8, 4) is 11.4 Å². The minimum Gasteiger partial charge on any atom is -0.398 e. The number of anilines is 1. The van der Waals surface area contributed by atoms with Crippen molar-refractivity contribution in [2.24, 2.45) is 0 Å². The predicted octanol–water partition coefficient (Wildman–Crippen LogP) is 1.61. The van der Waals surface area contributed by atoms with Gasteiger partial charge in [-0.15, -0.1) is 5.10 Å². The molecular formula is C11H14ClN5O. The molecule has 0 spiro atoms. The molecule has 0 aliphatic carbocycles. The maximum absolute atomic E-state index is 5.95. The highest BCUT2D eigenvalue weighted by atomic mass is 35.5. The Balaban J connectivity index is 2.27. The van der Waals surface area contributed by atoms with Crippen molar-refractivity contribution < 1.29 is 4.74 Å². The first-order chi connectivity index (χ1) is 8.72. The van der Waals surface area contributed by atoms with E-state index in [1.54, 1.807) is 22.9 Å². The average molecular weight is 268 g/mol. The first-order valence-corrected chi connectivity index (χ1v) is 5.99. The molecule has 0 saturated carbocycles. The van der Waals surface area contributed by atoms with Gasteiger partial charge < -0.3 is 10.5 Å². The Morgan fingerprint density at radius 3 is 3.06 bits per heavy atom. The summed E-state index contributed by atoms with van der Waals surface area (Å²) < 4.78 is 6.93. The number of nitrogens with zero attached hydrogens (tertiary/aromatic N) is 4. The van der Waals surface area contributed by atoms with Crippen LogP contribution in [0.1, 0.15) is 6.92 Å². The van der Waals surface area contributed by atoms with Crippen LogP contribution >= 0.6 is 11.6 Å². The maximum Gasteiger partial charge on any atom is 0.184 e. The quantitative estimate of drug-likeness (QED) is 0.658. The number of hydrogen-bond acceptors (Lipinski definition) is 5. The second-order valence-corrected chi connectivity index (χ2v) is 4.09. The number of tetrazole rings is 1. The van der Waals surface area contributed by atoms with E-state index in [0.717, 1.165) is 5.56 Å². The number of aromatic nitrogens is 4. The number of nitrogen functional groups attached to an aromatic ring is 1. The van der Waals surface area contributed by atoms with Gasteiger partial charge in [0, 0.05) is 22.9 Å². The standard InChI is InChI=1S/C11H14ClN5O/c1-2-18-6-5-17-11(14-15-16-17)9-7-8(12)3-4-10(9)13/h3-4,7H,2,5-6,13H2,1H3. The van der Waals surface area contributed by atoms with E-state index in [-0.39, 0.29) is 0 Å². The molecule has 1 aromatic heterocycles. The zero-order valence-corrected chi connectivity index (χ0v) is 10.8. The third-order valence-electron chi connectivity index (χ3n) is 2.44. The third-order valence-corrected chi connectivity index (χ3v) is 2.67. The summed E-state index contributed by atoms with van der Waals surface area (Å²) in [5.41, 5.74) is 7.22. The van der Waals surface area contributed by atoms with Gasteiger partial charge in [-0.3, -0.25) is 0 Å². The van der Waals surface area contributed by atoms with Gasteiger partial charge in [-0.25, -0.2) is 4.68 Å². The van der Waals surface area contributed by atoms with E-state index in [4.69, 9.17) is 22.1 Å². The molecule has 2 rings (SSSR count). The maximum atomic E-state index is 5.95. The summed E-state index contributed by atoms with van der Waals surface area (Å²) in [5, 5.41) is 12.1. The number of benzene rings is 1. The fourth-order valence-corrected chi connectivity index (χ4v) is 1.74. The van der Waals surface area contributed by atoms with Crippen LogP contribution in [0, 0.1) is 0 Å². The van der Waals surface area contributed by atoms with E-state index >= 15 is 0 Å². The highest BCUT2D eigenvalue weighted by Gasteiger charge is 2.12. The molecule has 0 aliphatic heterocycles. The van der Waals surface area contributed by atoms with E-state index < -0.39 is 0 Å². The van der Waals surface area contributed by atoms with E-state index in [1.807, 2.05) is 6.92 Å². The van der Waals surface area contributed by atoms with Gasteiger partial charge in [0.2, 0.25) is 0 Å². The van der Waals surface area contributed by atoms with Gasteiger partial charge in [-0.1, -0.05) is 11.6 Å². The lowest BCUT2D eigenvalue weighted by Crippen LogP contribution is -2.09. The molecule has 1 heterocycles. The molecule has 2 N–H and O–H groups in total. The topological polar surface area (TPSA) is 78.8 Å². The molecule has 18 heavy (non-hydrogen) atoms. The number of nitrogens with two attached hydrogens (primary N) is 1. The van der Waals surface area contributed by atoms with Crippen LogP contribution in [0.3, 0.4) is 0 Å². The minimum absolute atomic E-state index is 0.551. The van der Waals surface area contributed by atoms with Crippen LogP contribution in [-0.4, -0.2) is 33.4 Å². The molecule has 0 aliphatic rings. The second kappa shape index (κ2) is 5.79. The van der Waals surface area contributed by atoms with Gasteiger partial charge >= 0.3 is 0 Å². The summed E-state index contributed by atoms with van der Waals surface area (Å²) in [6.07, 6.45) is 0. The summed E-state index contributed by atoms with van der Waals surface area (Å²) >= 11 is 5.95. The highest BCUT2D eigenvalue weighted by molar-refractivity contribution is 6.31. The zero-order chi connectivity index (χ0) is 13.0. The lowest BCUT2D eigenvalue weighted by molar-refractivity contribution is 0.136. The van der Waals surface area contributed by atoms with Gasteiger partial charge in [0.15, 0.2) is 5.82 Å². The summed E-state index contributed by atoms with van der Waals surface area (Å²) in [4.78, 5) is 0. The number of ether oxygens (including phenoxy) is 1. The van der Waals surface area contributed by atoms with Gasteiger partial charge in [-0.05, 0) is 35.5 Å². The van der Waals surface area contributed by atoms with Gasteiger partial charge in [0.05, 0.1) is 13.2 Å². The Morgan fingerprint density at radius 1 is 1.44 bits per heavy atom. The van der Waals surface area contributed by atoms with Crippen LogP contribution in [0.15, 0.2) is 18.2 Å². The molecule has 1 aromatic carbocycles. The zero-order valence-electron chi connectivity index (χ0n) is 10.0. The molecule has 7 heteroatoms. The minimum atomic E-state index is 0.551. The number of halogens is 1. The SMILES string of the molecule is CCOCCn1nnnc1-c1cc(Cl)ccc1N. The molecule has 0 amide bonds. The highest BCUT2D eigenvalue weighted by Crippen LogP contribution is 2.26. The van der Waals surface area contributed by atoms with Crippen molar-refractivity contribution in [2.75, 3.05) is 18.9 Å². The van der Waals surface area contributed by atoms with Crippen LogP contribution in [0.4, 0.5) is 5.69 Å². The summed E-state index contributed by atoms with van der Waals surface area (Å²) in [6.45, 7) is 3.73. The normalized spacial score (nSPS) is 10.8. The Kier molecular flexibility index (Phi) is 4.11. The van der Waals surface area contributed by atoms with Crippen LogP contribution in [0.5, 0.6) is 0 Å². The first kappa shape index (κ1) is 12.8. The Morgan fingerprint density at radius 2 is 2.28 bits per heavy atom. The van der Waals surface area contributed by atoms with Gasteiger partial charge in [0.1, 0.15) is 0 Å². The second-order valence-electron chi connectivity index (χ2n) is 3.65. The monoisotopic (exact) mass is 267 g/mol. The summed E-state index contributed by atoms with van der Waals surface area (Å²) in [6, 6.07) is 5.22. The van der Waals surface area contributed by atoms with E-state index in [1.165, 1.54) is 0 Å². The van der Waals surface area contributed by atoms with Crippen LogP contribution in [0.2, 0.25) is 5.02 Å². The predicted molar refractivity (Wildman–Crippen MR) is 69.2 cm³/mol. The van der Waals surface area contributed by atoms with Crippen LogP contribution in [0.25, 0.3) is 11.4 Å². The van der Waals surface area contributed by atoms with E-state index in [9.17, 15) is 0 Å². The molecule has 0 saturated heterocycles. The Labute approximate surface area is 110 Å². The summed E-state index contributed by atoms with van der Waals surface area (Å²) in [5.74, 6) is 0.592. The molecule has 0 fully saturated rings. The molecule has 0 atom stereocenters. The largest absolute Gasteiger partial charge is 0.398 e. The van der Waals surface area contributed by atoms with Crippen molar-refractivity contribution in [3.05, 3.63) is 23.2 Å². The van der Waals surface area contributed by atoms with Crippen LogP contribution in [-0.2, 0) is 11.3 Å². The molecular weight excluding hydrogens is 254 g/mol. The fourth-order valence-electron chi connectivity index (χ4n) is 1.57. The van der Waals surface area contributed by atoms with Crippen molar-refractivity contribution in [2.45, 2.75) is 13.5 Å². The van der Waals surface area contributed by atoms with Gasteiger partial charge in [-0.2, -0.15) is 0 Å². The van der Waals surface area contributed by atoms with E-state index in [2.05, 4.69) is 15.5 Å². The van der Waals surface area contributed by atoms with Crippen molar-refractivity contribution in [1.82, 2.24) is 20.2 Å². The molecule has 96 valence electrons. The molecule has 6 nitrogen and oxygen atoms in total. The average Bonchev–Trinajstić information content (AvgIpc) is 2.81. The lowest BCUT2D eigenvalue weighted by Gasteiger charge is -2.07. The molecule has 2 aromatic rings. The lowest BCUT2D eigenvalue weighted by atomic mass is 10.1.